The Morgan fingerprint density at radius 3 is 1.79 bits per heavy atom. The van der Waals surface area contributed by atoms with E-state index in [1.54, 1.807) is 4.90 Å². The normalized spacial score (nSPS) is 12.4. The summed E-state index contributed by atoms with van der Waals surface area (Å²) < 4.78 is 0. The molecule has 1 N–H and O–H groups in total. The summed E-state index contributed by atoms with van der Waals surface area (Å²) in [4.78, 5) is 55.9. The molecule has 0 rings (SSSR count). The molecular weight excluding hydrogens is 550 g/mol. The topological polar surface area (TPSA) is 98.2 Å². The largest absolute Gasteiger partial charge is 0.481 e. The molecule has 9 heteroatoms. The molecular formula is C33H59N3O5S. The summed E-state index contributed by atoms with van der Waals surface area (Å²) in [5.74, 6) is 3.06. The molecule has 3 amide bonds. The number of aliphatic carboxylic acids is 1. The SMILES string of the molecule is C#CCCCC(=O)N(C)CCC(C)(C)C(C)(C)N(CC(C)(C)C(C)(C)N(CCSCCC(=O)O)C(=O)CC)C(=O)CC. The van der Waals surface area contributed by atoms with E-state index in [2.05, 4.69) is 61.3 Å². The molecule has 0 aromatic heterocycles. The maximum atomic E-state index is 13.6. The third-order valence-corrected chi connectivity index (χ3v) is 10.5. The van der Waals surface area contributed by atoms with Gasteiger partial charge in [-0.3, -0.25) is 19.2 Å². The number of carbonyl (C=O) groups excluding carboxylic acids is 3. The fourth-order valence-corrected chi connectivity index (χ4v) is 5.68. The van der Waals surface area contributed by atoms with Crippen LogP contribution in [0.2, 0.25) is 0 Å². The van der Waals surface area contributed by atoms with Crippen molar-refractivity contribution < 1.29 is 24.3 Å². The first-order chi connectivity index (χ1) is 19.2. The lowest BCUT2D eigenvalue weighted by Crippen LogP contribution is -2.64. The number of unbranched alkanes of at least 4 members (excludes halogenated alkanes) is 1. The van der Waals surface area contributed by atoms with Gasteiger partial charge in [-0.2, -0.15) is 11.8 Å². The van der Waals surface area contributed by atoms with Gasteiger partial charge in [-0.05, 0) is 46.0 Å². The zero-order chi connectivity index (χ0) is 32.9. The number of hydrogen-bond acceptors (Lipinski definition) is 5. The van der Waals surface area contributed by atoms with E-state index in [1.165, 1.54) is 11.8 Å². The summed E-state index contributed by atoms with van der Waals surface area (Å²) in [5.41, 5.74) is -1.95. The van der Waals surface area contributed by atoms with E-state index in [4.69, 9.17) is 11.5 Å². The Hall–Kier alpha value is -2.21. The van der Waals surface area contributed by atoms with Crippen molar-refractivity contribution in [3.8, 4) is 12.3 Å². The summed E-state index contributed by atoms with van der Waals surface area (Å²) in [7, 11) is 1.82. The van der Waals surface area contributed by atoms with Crippen LogP contribution in [-0.2, 0) is 19.2 Å². The molecule has 242 valence electrons. The van der Waals surface area contributed by atoms with Crippen LogP contribution in [0.5, 0.6) is 0 Å². The standard InChI is InChI=1S/C33H59N3O5S/c1-13-16-17-18-28(39)34(12)21-20-30(4,5)32(8,9)36(27(38)15-3)25-31(6,7)33(10,11)35(26(37)14-2)22-24-42-23-19-29(40)41/h1H,14-25H2,2-12H3,(H,40,41). The summed E-state index contributed by atoms with van der Waals surface area (Å²) in [5, 5.41) is 8.95. The number of amides is 3. The van der Waals surface area contributed by atoms with Crippen molar-refractivity contribution >= 4 is 35.5 Å². The number of terminal acetylenes is 1. The van der Waals surface area contributed by atoms with E-state index in [-0.39, 0.29) is 29.6 Å². The van der Waals surface area contributed by atoms with Crippen LogP contribution in [0, 0.1) is 23.2 Å². The second-order valence-electron chi connectivity index (χ2n) is 13.5. The van der Waals surface area contributed by atoms with Gasteiger partial charge in [0.25, 0.3) is 0 Å². The van der Waals surface area contributed by atoms with E-state index < -0.39 is 22.5 Å². The average molecular weight is 610 g/mol. The van der Waals surface area contributed by atoms with Crippen LogP contribution in [0.15, 0.2) is 0 Å². The molecule has 0 saturated heterocycles. The monoisotopic (exact) mass is 609 g/mol. The van der Waals surface area contributed by atoms with Gasteiger partial charge >= 0.3 is 5.97 Å². The number of carboxylic acid groups (broad SMARTS) is 1. The smallest absolute Gasteiger partial charge is 0.304 e. The van der Waals surface area contributed by atoms with Crippen molar-refractivity contribution in [1.82, 2.24) is 14.7 Å². The van der Waals surface area contributed by atoms with Gasteiger partial charge in [0.1, 0.15) is 0 Å². The predicted molar refractivity (Wildman–Crippen MR) is 174 cm³/mol. The van der Waals surface area contributed by atoms with E-state index in [9.17, 15) is 19.2 Å². The van der Waals surface area contributed by atoms with Gasteiger partial charge in [-0.25, -0.2) is 0 Å². The minimum atomic E-state index is -0.824. The Balaban J connectivity index is 6.00. The highest BCUT2D eigenvalue weighted by molar-refractivity contribution is 7.99. The van der Waals surface area contributed by atoms with Crippen LogP contribution in [0.1, 0.15) is 114 Å². The Morgan fingerprint density at radius 1 is 0.762 bits per heavy atom. The molecule has 0 aliphatic heterocycles. The van der Waals surface area contributed by atoms with Crippen molar-refractivity contribution in [3.05, 3.63) is 0 Å². The molecule has 0 saturated carbocycles. The van der Waals surface area contributed by atoms with Crippen LogP contribution in [0.4, 0.5) is 0 Å². The molecule has 0 heterocycles. The van der Waals surface area contributed by atoms with Crippen LogP contribution in [0.3, 0.4) is 0 Å². The Labute approximate surface area is 260 Å². The fraction of sp³-hybridized carbons (Fsp3) is 0.818. The number of carboxylic acids is 1. The zero-order valence-corrected chi connectivity index (χ0v) is 29.2. The quantitative estimate of drug-likeness (QED) is 0.136. The predicted octanol–water partition coefficient (Wildman–Crippen LogP) is 5.93. The lowest BCUT2D eigenvalue weighted by atomic mass is 9.68. The molecule has 0 bridgehead atoms. The van der Waals surface area contributed by atoms with Crippen molar-refractivity contribution in [2.45, 2.75) is 125 Å². The van der Waals surface area contributed by atoms with E-state index in [1.807, 2.05) is 30.7 Å². The summed E-state index contributed by atoms with van der Waals surface area (Å²) in [6.45, 7) is 22.1. The van der Waals surface area contributed by atoms with Gasteiger partial charge in [0.15, 0.2) is 0 Å². The summed E-state index contributed by atoms with van der Waals surface area (Å²) in [6.07, 6.45) is 8.55. The maximum absolute atomic E-state index is 13.6. The van der Waals surface area contributed by atoms with Gasteiger partial charge in [0, 0.05) is 80.4 Å². The van der Waals surface area contributed by atoms with Crippen LogP contribution in [-0.4, -0.2) is 92.8 Å². The molecule has 0 radical (unpaired) electrons. The maximum Gasteiger partial charge on any atom is 0.304 e. The first-order valence-corrected chi connectivity index (χ1v) is 16.5. The lowest BCUT2D eigenvalue weighted by molar-refractivity contribution is -0.151. The van der Waals surface area contributed by atoms with Crippen LogP contribution in [0.25, 0.3) is 0 Å². The molecule has 0 aromatic carbocycles. The Kier molecular flexibility index (Phi) is 16.3. The minimum Gasteiger partial charge on any atom is -0.481 e. The van der Waals surface area contributed by atoms with Gasteiger partial charge < -0.3 is 19.8 Å². The Bertz CT molecular complexity index is 952. The third-order valence-electron chi connectivity index (χ3n) is 9.55. The highest BCUT2D eigenvalue weighted by atomic mass is 32.2. The highest BCUT2D eigenvalue weighted by Gasteiger charge is 2.50. The molecule has 8 nitrogen and oxygen atoms in total. The van der Waals surface area contributed by atoms with Crippen molar-refractivity contribution in [2.75, 3.05) is 38.2 Å². The number of carbonyl (C=O) groups is 4. The number of nitrogens with zero attached hydrogens (tertiary/aromatic N) is 3. The second kappa shape index (κ2) is 17.2. The minimum absolute atomic E-state index is 0.0369. The van der Waals surface area contributed by atoms with Crippen LogP contribution < -0.4 is 0 Å². The molecule has 0 fully saturated rings. The zero-order valence-electron chi connectivity index (χ0n) is 28.4. The van der Waals surface area contributed by atoms with Gasteiger partial charge in [-0.15, -0.1) is 12.3 Å². The molecule has 0 aliphatic carbocycles. The fourth-order valence-electron chi connectivity index (χ4n) is 4.84. The van der Waals surface area contributed by atoms with Crippen molar-refractivity contribution in [3.63, 3.8) is 0 Å². The summed E-state index contributed by atoms with van der Waals surface area (Å²) >= 11 is 1.53. The average Bonchev–Trinajstić information content (AvgIpc) is 2.90. The first kappa shape index (κ1) is 39.8. The second-order valence-corrected chi connectivity index (χ2v) is 14.7. The van der Waals surface area contributed by atoms with E-state index in [0.717, 1.165) is 0 Å². The summed E-state index contributed by atoms with van der Waals surface area (Å²) in [6, 6.07) is 0. The molecule has 0 spiro atoms. The van der Waals surface area contributed by atoms with E-state index in [0.29, 0.717) is 69.7 Å². The van der Waals surface area contributed by atoms with E-state index >= 15 is 0 Å². The van der Waals surface area contributed by atoms with Gasteiger partial charge in [-0.1, -0.05) is 41.5 Å². The highest BCUT2D eigenvalue weighted by Crippen LogP contribution is 2.44. The van der Waals surface area contributed by atoms with Gasteiger partial charge in [0.05, 0.1) is 6.42 Å². The number of thioether (sulfide) groups is 1. The molecule has 0 aliphatic rings. The molecule has 42 heavy (non-hydrogen) atoms. The first-order valence-electron chi connectivity index (χ1n) is 15.3. The lowest BCUT2D eigenvalue weighted by Gasteiger charge is -2.56. The molecule has 0 aromatic rings. The molecule has 0 atom stereocenters. The van der Waals surface area contributed by atoms with Crippen molar-refractivity contribution in [1.29, 1.82) is 0 Å². The van der Waals surface area contributed by atoms with Crippen molar-refractivity contribution in [2.24, 2.45) is 10.8 Å². The molecule has 0 unspecified atom stereocenters. The van der Waals surface area contributed by atoms with Crippen LogP contribution >= 0.6 is 11.8 Å². The number of hydrogen-bond donors (Lipinski definition) is 1. The number of rotatable bonds is 20. The third kappa shape index (κ3) is 11.1. The van der Waals surface area contributed by atoms with Gasteiger partial charge in [0.2, 0.25) is 17.7 Å². The Morgan fingerprint density at radius 2 is 1.29 bits per heavy atom.